The maximum absolute atomic E-state index is 13.1. The van der Waals surface area contributed by atoms with Gasteiger partial charge in [0.2, 0.25) is 10.0 Å². The average molecular weight is 461 g/mol. The highest BCUT2D eigenvalue weighted by atomic mass is 32.2. The Bertz CT molecular complexity index is 1080. The largest absolute Gasteiger partial charge is 0.495 e. The van der Waals surface area contributed by atoms with Crippen molar-refractivity contribution in [3.8, 4) is 17.2 Å². The van der Waals surface area contributed by atoms with Crippen molar-refractivity contribution in [1.29, 1.82) is 0 Å². The molecule has 4 rings (SSSR count). The van der Waals surface area contributed by atoms with Crippen LogP contribution in [0.25, 0.3) is 0 Å². The van der Waals surface area contributed by atoms with Gasteiger partial charge in [-0.25, -0.2) is 13.1 Å². The lowest BCUT2D eigenvalue weighted by Gasteiger charge is -2.29. The lowest BCUT2D eigenvalue weighted by molar-refractivity contribution is 0.0521. The minimum absolute atomic E-state index is 0.0303. The number of likely N-dealkylation sites (N-methyl/N-ethyl adjacent to an activating group) is 1. The van der Waals surface area contributed by atoms with Gasteiger partial charge in [0, 0.05) is 18.7 Å². The predicted molar refractivity (Wildman–Crippen MR) is 119 cm³/mol. The molecule has 0 bridgehead atoms. The van der Waals surface area contributed by atoms with Crippen LogP contribution in [0.1, 0.15) is 36.0 Å². The summed E-state index contributed by atoms with van der Waals surface area (Å²) in [6.45, 7) is 0.615. The highest BCUT2D eigenvalue weighted by Crippen LogP contribution is 2.31. The molecule has 8 nitrogen and oxygen atoms in total. The summed E-state index contributed by atoms with van der Waals surface area (Å²) in [6, 6.07) is 11.8. The minimum atomic E-state index is -3.82. The number of carbonyl (C=O) groups is 1. The van der Waals surface area contributed by atoms with Gasteiger partial charge in [-0.1, -0.05) is 25.0 Å². The Morgan fingerprint density at radius 2 is 1.88 bits per heavy atom. The first kappa shape index (κ1) is 22.4. The molecule has 1 saturated carbocycles. The molecular formula is C23H28N2O6S. The summed E-state index contributed by atoms with van der Waals surface area (Å²) < 4.78 is 45.6. The monoisotopic (exact) mass is 460 g/mol. The smallest absolute Gasteiger partial charge is 0.253 e. The fraction of sp³-hybridized carbons (Fsp3) is 0.435. The van der Waals surface area contributed by atoms with Gasteiger partial charge in [0.25, 0.3) is 5.91 Å². The topological polar surface area (TPSA) is 94.2 Å². The molecule has 1 N–H and O–H groups in total. The first-order chi connectivity index (χ1) is 15.4. The Morgan fingerprint density at radius 1 is 1.16 bits per heavy atom. The highest BCUT2D eigenvalue weighted by Gasteiger charge is 2.28. The molecule has 0 aromatic heterocycles. The molecule has 1 fully saturated rings. The first-order valence-electron chi connectivity index (χ1n) is 10.7. The van der Waals surface area contributed by atoms with Crippen LogP contribution in [0.4, 0.5) is 0 Å². The maximum Gasteiger partial charge on any atom is 0.253 e. The fourth-order valence-electron chi connectivity index (χ4n) is 4.11. The number of rotatable bonds is 7. The molecule has 32 heavy (non-hydrogen) atoms. The van der Waals surface area contributed by atoms with Gasteiger partial charge in [0.1, 0.15) is 17.3 Å². The van der Waals surface area contributed by atoms with Crippen LogP contribution in [-0.2, 0) is 10.0 Å². The summed E-state index contributed by atoms with van der Waals surface area (Å²) in [6.07, 6.45) is 3.31. The van der Waals surface area contributed by atoms with Gasteiger partial charge in [-0.15, -0.1) is 0 Å². The van der Waals surface area contributed by atoms with Crippen molar-refractivity contribution < 1.29 is 27.4 Å². The third-order valence-corrected chi connectivity index (χ3v) is 7.31. The number of benzene rings is 2. The van der Waals surface area contributed by atoms with E-state index in [0.717, 1.165) is 25.7 Å². The van der Waals surface area contributed by atoms with Crippen LogP contribution in [0.5, 0.6) is 17.2 Å². The molecule has 0 radical (unpaired) electrons. The summed E-state index contributed by atoms with van der Waals surface area (Å²) in [5.41, 5.74) is 0.261. The van der Waals surface area contributed by atoms with E-state index in [1.807, 2.05) is 24.3 Å². The van der Waals surface area contributed by atoms with Crippen molar-refractivity contribution in [1.82, 2.24) is 9.62 Å². The van der Waals surface area contributed by atoms with Crippen molar-refractivity contribution in [2.45, 2.75) is 42.7 Å². The van der Waals surface area contributed by atoms with E-state index >= 15 is 0 Å². The molecular weight excluding hydrogens is 432 g/mol. The van der Waals surface area contributed by atoms with E-state index in [1.54, 1.807) is 13.1 Å². The average Bonchev–Trinajstić information content (AvgIpc) is 3.30. The molecule has 1 aliphatic carbocycles. The Hall–Kier alpha value is -2.78. The zero-order valence-corrected chi connectivity index (χ0v) is 19.1. The van der Waals surface area contributed by atoms with Gasteiger partial charge in [-0.2, -0.15) is 0 Å². The van der Waals surface area contributed by atoms with Crippen molar-refractivity contribution in [3.05, 3.63) is 48.0 Å². The number of sulfonamides is 1. The molecule has 1 heterocycles. The van der Waals surface area contributed by atoms with Gasteiger partial charge >= 0.3 is 0 Å². The number of methoxy groups -OCH3 is 1. The van der Waals surface area contributed by atoms with Crippen molar-refractivity contribution in [3.63, 3.8) is 0 Å². The second kappa shape index (κ2) is 9.38. The zero-order valence-electron chi connectivity index (χ0n) is 18.2. The number of nitrogens with zero attached hydrogens (tertiary/aromatic N) is 1. The van der Waals surface area contributed by atoms with Gasteiger partial charge < -0.3 is 19.1 Å². The van der Waals surface area contributed by atoms with Gasteiger partial charge in [-0.3, -0.25) is 4.79 Å². The molecule has 9 heteroatoms. The molecule has 1 amide bonds. The summed E-state index contributed by atoms with van der Waals surface area (Å²) in [7, 11) is -0.753. The quantitative estimate of drug-likeness (QED) is 0.683. The molecule has 1 atom stereocenters. The second-order valence-corrected chi connectivity index (χ2v) is 9.83. The highest BCUT2D eigenvalue weighted by molar-refractivity contribution is 7.89. The molecule has 2 aromatic carbocycles. The Balaban J connectivity index is 1.49. The molecule has 0 unspecified atom stereocenters. The zero-order chi connectivity index (χ0) is 22.7. The van der Waals surface area contributed by atoms with Crippen LogP contribution < -0.4 is 18.9 Å². The fourth-order valence-corrected chi connectivity index (χ4v) is 5.61. The molecule has 0 saturated heterocycles. The second-order valence-electron chi connectivity index (χ2n) is 8.15. The van der Waals surface area contributed by atoms with E-state index in [4.69, 9.17) is 14.2 Å². The third-order valence-electron chi connectivity index (χ3n) is 5.77. The van der Waals surface area contributed by atoms with E-state index in [2.05, 4.69) is 4.72 Å². The number of hydrogen-bond acceptors (Lipinski definition) is 6. The third kappa shape index (κ3) is 4.83. The number of para-hydroxylation sites is 2. The summed E-state index contributed by atoms with van der Waals surface area (Å²) in [5.74, 6) is 1.21. The van der Waals surface area contributed by atoms with Crippen LogP contribution in [0.15, 0.2) is 47.4 Å². The lowest BCUT2D eigenvalue weighted by atomic mass is 10.2. The number of nitrogens with one attached hydrogen (secondary N) is 1. The van der Waals surface area contributed by atoms with Crippen molar-refractivity contribution in [2.24, 2.45) is 0 Å². The molecule has 172 valence electrons. The van der Waals surface area contributed by atoms with Gasteiger partial charge in [-0.05, 0) is 43.2 Å². The van der Waals surface area contributed by atoms with Crippen LogP contribution in [0.2, 0.25) is 0 Å². The van der Waals surface area contributed by atoms with Crippen molar-refractivity contribution in [2.75, 3.05) is 27.3 Å². The Morgan fingerprint density at radius 3 is 2.59 bits per heavy atom. The molecule has 0 spiro atoms. The number of ether oxygens (including phenoxy) is 3. The van der Waals surface area contributed by atoms with Crippen LogP contribution in [0.3, 0.4) is 0 Å². The standard InChI is InChI=1S/C23H28N2O6S/c1-25(14-18-15-30-19-9-5-6-10-20(19)31-18)23(26)16-11-12-21(29-2)22(13-16)32(27,28)24-17-7-3-4-8-17/h5-6,9-13,17-18,24H,3-4,7-8,14-15H2,1-2H3/t18-/m0/s1. The predicted octanol–water partition coefficient (Wildman–Crippen LogP) is 2.83. The summed E-state index contributed by atoms with van der Waals surface area (Å²) in [5, 5.41) is 0. The number of carbonyl (C=O) groups excluding carboxylic acids is 1. The van der Waals surface area contributed by atoms with E-state index in [0.29, 0.717) is 24.7 Å². The van der Waals surface area contributed by atoms with Gasteiger partial charge in [0.15, 0.2) is 17.6 Å². The van der Waals surface area contributed by atoms with Crippen LogP contribution >= 0.6 is 0 Å². The Labute approximate surface area is 188 Å². The van der Waals surface area contributed by atoms with E-state index in [1.165, 1.54) is 24.1 Å². The lowest BCUT2D eigenvalue weighted by Crippen LogP contribution is -2.41. The SMILES string of the molecule is COc1ccc(C(=O)N(C)C[C@H]2COc3ccccc3O2)cc1S(=O)(=O)NC1CCCC1. The number of amides is 1. The molecule has 2 aromatic rings. The number of hydrogen-bond donors (Lipinski definition) is 1. The Kier molecular flexibility index (Phi) is 6.57. The molecule has 1 aliphatic heterocycles. The van der Waals surface area contributed by atoms with E-state index < -0.39 is 10.0 Å². The van der Waals surface area contributed by atoms with E-state index in [-0.39, 0.29) is 34.3 Å². The van der Waals surface area contributed by atoms with Crippen LogP contribution in [-0.4, -0.2) is 58.7 Å². The number of fused-ring (bicyclic) bond motifs is 1. The van der Waals surface area contributed by atoms with E-state index in [9.17, 15) is 13.2 Å². The normalized spacial score (nSPS) is 18.4. The maximum atomic E-state index is 13.1. The summed E-state index contributed by atoms with van der Waals surface area (Å²) >= 11 is 0. The van der Waals surface area contributed by atoms with Crippen molar-refractivity contribution >= 4 is 15.9 Å². The molecule has 2 aliphatic rings. The minimum Gasteiger partial charge on any atom is -0.495 e. The van der Waals surface area contributed by atoms with Gasteiger partial charge in [0.05, 0.1) is 13.7 Å². The summed E-state index contributed by atoms with van der Waals surface area (Å²) in [4.78, 5) is 14.5. The first-order valence-corrected chi connectivity index (χ1v) is 12.2. The van der Waals surface area contributed by atoms with Crippen LogP contribution in [0, 0.1) is 0 Å².